The summed E-state index contributed by atoms with van der Waals surface area (Å²) in [6, 6.07) is 10.8. The number of ether oxygens (including phenoxy) is 1. The van der Waals surface area contributed by atoms with E-state index in [1.807, 2.05) is 26.1 Å². The molecule has 1 saturated carbocycles. The molecule has 0 radical (unpaired) electrons. The lowest BCUT2D eigenvalue weighted by Crippen LogP contribution is -2.27. The Hall–Kier alpha value is -2.76. The molecule has 2 N–H and O–H groups in total. The van der Waals surface area contributed by atoms with Crippen molar-refractivity contribution >= 4 is 11.7 Å². The summed E-state index contributed by atoms with van der Waals surface area (Å²) in [4.78, 5) is 18.2. The predicted octanol–water partition coefficient (Wildman–Crippen LogP) is 3.85. The van der Waals surface area contributed by atoms with E-state index >= 15 is 0 Å². The van der Waals surface area contributed by atoms with Gasteiger partial charge in [-0.15, -0.1) is 0 Å². The number of phenols is 1. The van der Waals surface area contributed by atoms with Gasteiger partial charge in [-0.2, -0.15) is 0 Å². The number of carbonyl (C=O) groups is 1. The molecule has 2 aromatic rings. The lowest BCUT2D eigenvalue weighted by Gasteiger charge is -2.16. The zero-order valence-corrected chi connectivity index (χ0v) is 17.3. The van der Waals surface area contributed by atoms with Crippen molar-refractivity contribution in [2.75, 3.05) is 24.5 Å². The summed E-state index contributed by atoms with van der Waals surface area (Å²) in [5, 5.41) is 11.8. The molecule has 1 aliphatic heterocycles. The summed E-state index contributed by atoms with van der Waals surface area (Å²) >= 11 is 0. The molecule has 1 saturated heterocycles. The zero-order valence-electron chi connectivity index (χ0n) is 17.3. The first kappa shape index (κ1) is 21.0. The standard InChI is InChI=1S/C12H16N2O.C11H15NO2/c1-2-8-14(7-1)12-6-5-11(9-13-12)15-10-3-4-10;1-3-12-11(14)8(2)9-4-6-10(13)7-5-9/h5-6,9-10H,1-4,7-8H2;4-8,13H,3H2,1-2H3,(H,12,14). The van der Waals surface area contributed by atoms with Crippen LogP contribution < -0.4 is 15.0 Å². The molecule has 2 heterocycles. The van der Waals surface area contributed by atoms with E-state index in [1.54, 1.807) is 24.3 Å². The molecule has 1 amide bonds. The molecule has 6 nitrogen and oxygen atoms in total. The molecule has 1 unspecified atom stereocenters. The van der Waals surface area contributed by atoms with Gasteiger partial charge < -0.3 is 20.1 Å². The molecule has 1 aromatic carbocycles. The fourth-order valence-electron chi connectivity index (χ4n) is 3.20. The number of rotatable bonds is 6. The second-order valence-corrected chi connectivity index (χ2v) is 7.57. The maximum atomic E-state index is 11.5. The topological polar surface area (TPSA) is 74.7 Å². The van der Waals surface area contributed by atoms with Crippen molar-refractivity contribution in [1.29, 1.82) is 0 Å². The number of amides is 1. The van der Waals surface area contributed by atoms with Crippen molar-refractivity contribution in [3.8, 4) is 11.5 Å². The molecular formula is C23H31N3O3. The third kappa shape index (κ3) is 6.38. The van der Waals surface area contributed by atoms with E-state index in [4.69, 9.17) is 9.84 Å². The number of hydrogen-bond donors (Lipinski definition) is 2. The van der Waals surface area contributed by atoms with Gasteiger partial charge in [0.2, 0.25) is 5.91 Å². The Morgan fingerprint density at radius 3 is 2.45 bits per heavy atom. The number of benzene rings is 1. The Balaban J connectivity index is 0.000000166. The number of likely N-dealkylation sites (N-methyl/N-ethyl adjacent to an activating group) is 1. The SMILES string of the molecule is CCNC(=O)C(C)c1ccc(O)cc1.c1cc(N2CCCC2)ncc1OC1CC1. The molecule has 0 spiro atoms. The van der Waals surface area contributed by atoms with Gasteiger partial charge in [-0.3, -0.25) is 4.79 Å². The van der Waals surface area contributed by atoms with E-state index in [1.165, 1.54) is 25.7 Å². The van der Waals surface area contributed by atoms with Crippen LogP contribution in [0.3, 0.4) is 0 Å². The molecular weight excluding hydrogens is 366 g/mol. The number of hydrogen-bond acceptors (Lipinski definition) is 5. The molecule has 4 rings (SSSR count). The van der Waals surface area contributed by atoms with Crippen LogP contribution in [0.15, 0.2) is 42.6 Å². The van der Waals surface area contributed by atoms with Crippen molar-refractivity contribution in [2.24, 2.45) is 0 Å². The van der Waals surface area contributed by atoms with Crippen molar-refractivity contribution in [2.45, 2.75) is 51.6 Å². The molecule has 1 atom stereocenters. The predicted molar refractivity (Wildman–Crippen MR) is 115 cm³/mol. The summed E-state index contributed by atoms with van der Waals surface area (Å²) in [5.74, 6) is 2.07. The average Bonchev–Trinajstić information content (AvgIpc) is 3.38. The van der Waals surface area contributed by atoms with Crippen LogP contribution in [0.2, 0.25) is 0 Å². The van der Waals surface area contributed by atoms with Gasteiger partial charge in [0.05, 0.1) is 18.2 Å². The van der Waals surface area contributed by atoms with Crippen molar-refractivity contribution < 1.29 is 14.6 Å². The van der Waals surface area contributed by atoms with Gasteiger partial charge in [-0.05, 0) is 69.4 Å². The van der Waals surface area contributed by atoms with Crippen LogP contribution in [0.5, 0.6) is 11.5 Å². The minimum atomic E-state index is -0.171. The van der Waals surface area contributed by atoms with Crippen LogP contribution in [0.25, 0.3) is 0 Å². The molecule has 0 bridgehead atoms. The summed E-state index contributed by atoms with van der Waals surface area (Å²) in [7, 11) is 0. The summed E-state index contributed by atoms with van der Waals surface area (Å²) in [5.41, 5.74) is 0.911. The fourth-order valence-corrected chi connectivity index (χ4v) is 3.20. The number of phenolic OH excluding ortho intramolecular Hbond substituents is 1. The number of aromatic hydroxyl groups is 1. The molecule has 2 aliphatic rings. The molecule has 29 heavy (non-hydrogen) atoms. The Morgan fingerprint density at radius 1 is 1.21 bits per heavy atom. The van der Waals surface area contributed by atoms with Crippen LogP contribution in [-0.2, 0) is 4.79 Å². The van der Waals surface area contributed by atoms with E-state index in [9.17, 15) is 4.79 Å². The van der Waals surface area contributed by atoms with E-state index in [0.29, 0.717) is 12.6 Å². The third-order valence-corrected chi connectivity index (χ3v) is 5.12. The smallest absolute Gasteiger partial charge is 0.227 e. The summed E-state index contributed by atoms with van der Waals surface area (Å²) in [6.07, 6.45) is 7.31. The van der Waals surface area contributed by atoms with Gasteiger partial charge >= 0.3 is 0 Å². The highest BCUT2D eigenvalue weighted by atomic mass is 16.5. The first-order chi connectivity index (χ1) is 14.1. The normalized spacial score (nSPS) is 16.6. The van der Waals surface area contributed by atoms with Gasteiger partial charge in [-0.25, -0.2) is 4.98 Å². The number of nitrogens with zero attached hydrogens (tertiary/aromatic N) is 2. The zero-order chi connectivity index (χ0) is 20.6. The van der Waals surface area contributed by atoms with Gasteiger partial charge in [0.1, 0.15) is 17.3 Å². The second kappa shape index (κ2) is 10.1. The number of nitrogens with one attached hydrogen (secondary N) is 1. The van der Waals surface area contributed by atoms with Gasteiger partial charge in [0.25, 0.3) is 0 Å². The number of anilines is 1. The van der Waals surface area contributed by atoms with Crippen LogP contribution in [0, 0.1) is 0 Å². The Bertz CT molecular complexity index is 767. The highest BCUT2D eigenvalue weighted by Gasteiger charge is 2.23. The van der Waals surface area contributed by atoms with Crippen LogP contribution in [0.4, 0.5) is 5.82 Å². The number of carbonyl (C=O) groups excluding carboxylic acids is 1. The molecule has 1 aromatic heterocycles. The summed E-state index contributed by atoms with van der Waals surface area (Å²) in [6.45, 7) is 6.67. The Labute approximate surface area is 172 Å². The van der Waals surface area contributed by atoms with Gasteiger partial charge in [-0.1, -0.05) is 12.1 Å². The maximum absolute atomic E-state index is 11.5. The van der Waals surface area contributed by atoms with Crippen molar-refractivity contribution in [3.63, 3.8) is 0 Å². The first-order valence-electron chi connectivity index (χ1n) is 10.5. The summed E-state index contributed by atoms with van der Waals surface area (Å²) < 4.78 is 5.66. The van der Waals surface area contributed by atoms with Gasteiger partial charge in [0, 0.05) is 19.6 Å². The van der Waals surface area contributed by atoms with Crippen molar-refractivity contribution in [1.82, 2.24) is 10.3 Å². The van der Waals surface area contributed by atoms with Crippen molar-refractivity contribution in [3.05, 3.63) is 48.2 Å². The quantitative estimate of drug-likeness (QED) is 0.774. The molecule has 1 aliphatic carbocycles. The highest BCUT2D eigenvalue weighted by Crippen LogP contribution is 2.27. The molecule has 156 valence electrons. The first-order valence-corrected chi connectivity index (χ1v) is 10.5. The number of pyridine rings is 1. The van der Waals surface area contributed by atoms with E-state index < -0.39 is 0 Å². The van der Waals surface area contributed by atoms with Crippen LogP contribution in [-0.4, -0.2) is 41.7 Å². The van der Waals surface area contributed by atoms with Crippen LogP contribution in [0.1, 0.15) is 51.0 Å². The lowest BCUT2D eigenvalue weighted by molar-refractivity contribution is -0.122. The Morgan fingerprint density at radius 2 is 1.90 bits per heavy atom. The second-order valence-electron chi connectivity index (χ2n) is 7.57. The maximum Gasteiger partial charge on any atom is 0.227 e. The van der Waals surface area contributed by atoms with Crippen LogP contribution >= 0.6 is 0 Å². The molecule has 2 fully saturated rings. The largest absolute Gasteiger partial charge is 0.508 e. The monoisotopic (exact) mass is 397 g/mol. The minimum absolute atomic E-state index is 0.0122. The fraction of sp³-hybridized carbons (Fsp3) is 0.478. The number of aromatic nitrogens is 1. The van der Waals surface area contributed by atoms with E-state index in [-0.39, 0.29) is 17.6 Å². The Kier molecular flexibility index (Phi) is 7.33. The van der Waals surface area contributed by atoms with E-state index in [2.05, 4.69) is 21.3 Å². The van der Waals surface area contributed by atoms with Gasteiger partial charge in [0.15, 0.2) is 0 Å². The lowest BCUT2D eigenvalue weighted by atomic mass is 10.0. The highest BCUT2D eigenvalue weighted by molar-refractivity contribution is 5.83. The molecule has 6 heteroatoms. The van der Waals surface area contributed by atoms with E-state index in [0.717, 1.165) is 30.2 Å². The third-order valence-electron chi connectivity index (χ3n) is 5.12. The minimum Gasteiger partial charge on any atom is -0.508 e. The average molecular weight is 398 g/mol.